The monoisotopic (exact) mass is 225 g/mol. The van der Waals surface area contributed by atoms with E-state index in [-0.39, 0.29) is 0 Å². The van der Waals surface area contributed by atoms with Gasteiger partial charge in [0.05, 0.1) is 0 Å². The van der Waals surface area contributed by atoms with Crippen molar-refractivity contribution < 1.29 is 0 Å². The molecule has 0 spiro atoms. The topological polar surface area (TPSA) is 41.6 Å². The van der Waals surface area contributed by atoms with Gasteiger partial charge in [0.1, 0.15) is 0 Å². The first kappa shape index (κ1) is 12.6. The zero-order valence-electron chi connectivity index (χ0n) is 9.48. The van der Waals surface area contributed by atoms with Crippen molar-refractivity contribution in [1.82, 2.24) is 15.2 Å². The summed E-state index contributed by atoms with van der Waals surface area (Å²) in [5, 5.41) is 6.21. The molecule has 3 rings (SSSR count). The number of aromatic nitrogens is 3. The number of hydrogen-bond donors (Lipinski definition) is 1. The summed E-state index contributed by atoms with van der Waals surface area (Å²) in [4.78, 5) is 3.78. The van der Waals surface area contributed by atoms with Crippen LogP contribution in [-0.4, -0.2) is 15.2 Å². The Balaban J connectivity index is 0.000000128. The molecule has 0 aliphatic carbocycles. The van der Waals surface area contributed by atoms with E-state index >= 15 is 0 Å². The zero-order chi connectivity index (χ0) is 12.0. The van der Waals surface area contributed by atoms with Crippen LogP contribution in [0.5, 0.6) is 0 Å². The molecule has 0 radical (unpaired) electrons. The predicted octanol–water partition coefficient (Wildman–Crippen LogP) is 3.18. The van der Waals surface area contributed by atoms with Gasteiger partial charge >= 0.3 is 0 Å². The Morgan fingerprint density at radius 2 is 1.06 bits per heavy atom. The van der Waals surface area contributed by atoms with Crippen LogP contribution in [-0.2, 0) is 0 Å². The number of hydrogen-bond acceptors (Lipinski definition) is 2. The molecular weight excluding hydrogens is 210 g/mol. The number of benzene rings is 1. The SMILES string of the molecule is c1ccccc1.c1ccncc1.c1cn[nH]c1. The van der Waals surface area contributed by atoms with Gasteiger partial charge in [-0.05, 0) is 18.2 Å². The summed E-state index contributed by atoms with van der Waals surface area (Å²) in [6.45, 7) is 0. The van der Waals surface area contributed by atoms with Gasteiger partial charge in [0.15, 0.2) is 0 Å². The van der Waals surface area contributed by atoms with Gasteiger partial charge in [-0.15, -0.1) is 0 Å². The molecule has 0 bridgehead atoms. The molecule has 0 unspecified atom stereocenters. The number of nitrogens with zero attached hydrogens (tertiary/aromatic N) is 2. The van der Waals surface area contributed by atoms with Crippen LogP contribution >= 0.6 is 0 Å². The van der Waals surface area contributed by atoms with Crippen molar-refractivity contribution in [2.24, 2.45) is 0 Å². The van der Waals surface area contributed by atoms with E-state index in [0.717, 1.165) is 0 Å². The highest BCUT2D eigenvalue weighted by atomic mass is 15.1. The van der Waals surface area contributed by atoms with E-state index in [1.54, 1.807) is 24.8 Å². The molecular formula is C14H15N3. The smallest absolute Gasteiger partial charge is 0.0487 e. The molecule has 3 heteroatoms. The lowest BCUT2D eigenvalue weighted by Gasteiger charge is -1.70. The van der Waals surface area contributed by atoms with Crippen LogP contribution in [0.1, 0.15) is 0 Å². The van der Waals surface area contributed by atoms with Crippen LogP contribution in [0.15, 0.2) is 85.5 Å². The van der Waals surface area contributed by atoms with Gasteiger partial charge in [-0.2, -0.15) is 5.10 Å². The minimum atomic E-state index is 1.69. The van der Waals surface area contributed by atoms with Gasteiger partial charge in [-0.3, -0.25) is 10.1 Å². The Morgan fingerprint density at radius 1 is 0.529 bits per heavy atom. The van der Waals surface area contributed by atoms with E-state index < -0.39 is 0 Å². The summed E-state index contributed by atoms with van der Waals surface area (Å²) in [6.07, 6.45) is 6.96. The molecule has 17 heavy (non-hydrogen) atoms. The fraction of sp³-hybridized carbons (Fsp3) is 0. The first-order chi connectivity index (χ1) is 8.50. The first-order valence-corrected chi connectivity index (χ1v) is 5.29. The molecule has 86 valence electrons. The molecule has 0 saturated heterocycles. The second-order valence-corrected chi connectivity index (χ2v) is 2.95. The van der Waals surface area contributed by atoms with Crippen molar-refractivity contribution in [2.45, 2.75) is 0 Å². The normalized spacial score (nSPS) is 8.00. The lowest BCUT2D eigenvalue weighted by atomic mass is 10.4. The highest BCUT2D eigenvalue weighted by molar-refractivity contribution is 4.99. The number of H-pyrrole nitrogens is 1. The first-order valence-electron chi connectivity index (χ1n) is 5.29. The molecule has 0 aliphatic rings. The Labute approximate surface area is 101 Å². The maximum atomic E-state index is 3.78. The number of rotatable bonds is 0. The van der Waals surface area contributed by atoms with E-state index in [4.69, 9.17) is 0 Å². The highest BCUT2D eigenvalue weighted by Crippen LogP contribution is 1.79. The van der Waals surface area contributed by atoms with Crippen LogP contribution in [0.3, 0.4) is 0 Å². The molecule has 3 nitrogen and oxygen atoms in total. The van der Waals surface area contributed by atoms with Crippen LogP contribution in [0.25, 0.3) is 0 Å². The molecule has 0 fully saturated rings. The summed E-state index contributed by atoms with van der Waals surface area (Å²) >= 11 is 0. The third kappa shape index (κ3) is 8.57. The van der Waals surface area contributed by atoms with E-state index in [9.17, 15) is 0 Å². The van der Waals surface area contributed by atoms with Gasteiger partial charge in [0, 0.05) is 24.8 Å². The van der Waals surface area contributed by atoms with Gasteiger partial charge in [0.2, 0.25) is 0 Å². The summed E-state index contributed by atoms with van der Waals surface area (Å²) in [5.41, 5.74) is 0. The summed E-state index contributed by atoms with van der Waals surface area (Å²) in [5.74, 6) is 0. The summed E-state index contributed by atoms with van der Waals surface area (Å²) in [6, 6.07) is 19.5. The van der Waals surface area contributed by atoms with Crippen molar-refractivity contribution in [3.8, 4) is 0 Å². The Morgan fingerprint density at radius 3 is 1.24 bits per heavy atom. The van der Waals surface area contributed by atoms with E-state index in [2.05, 4.69) is 15.2 Å². The Hall–Kier alpha value is -2.42. The standard InChI is InChI=1S/C6H6.C5H5N.C3H4N2/c2*1-2-4-6-5-3-1;1-2-4-5-3-1/h1-6H;1-5H;1-3H,(H,4,5). The second-order valence-electron chi connectivity index (χ2n) is 2.95. The Bertz CT molecular complexity index is 321. The van der Waals surface area contributed by atoms with Gasteiger partial charge in [-0.1, -0.05) is 42.5 Å². The average Bonchev–Trinajstić information content (AvgIpc) is 3.03. The van der Waals surface area contributed by atoms with Crippen molar-refractivity contribution >= 4 is 0 Å². The molecule has 0 atom stereocenters. The van der Waals surface area contributed by atoms with E-state index in [1.807, 2.05) is 60.7 Å². The van der Waals surface area contributed by atoms with Crippen LogP contribution in [0.4, 0.5) is 0 Å². The third-order valence-electron chi connectivity index (χ3n) is 1.64. The third-order valence-corrected chi connectivity index (χ3v) is 1.64. The molecule has 0 aliphatic heterocycles. The molecule has 0 saturated carbocycles. The van der Waals surface area contributed by atoms with Gasteiger partial charge < -0.3 is 0 Å². The summed E-state index contributed by atoms with van der Waals surface area (Å²) in [7, 11) is 0. The highest BCUT2D eigenvalue weighted by Gasteiger charge is 1.59. The number of pyridine rings is 1. The zero-order valence-corrected chi connectivity index (χ0v) is 9.48. The van der Waals surface area contributed by atoms with Gasteiger partial charge in [-0.25, -0.2) is 0 Å². The molecule has 3 aromatic rings. The molecule has 1 aromatic carbocycles. The van der Waals surface area contributed by atoms with E-state index in [1.165, 1.54) is 0 Å². The fourth-order valence-corrected chi connectivity index (χ4v) is 0.913. The van der Waals surface area contributed by atoms with Crippen molar-refractivity contribution in [1.29, 1.82) is 0 Å². The fourth-order valence-electron chi connectivity index (χ4n) is 0.913. The van der Waals surface area contributed by atoms with Crippen LogP contribution in [0.2, 0.25) is 0 Å². The van der Waals surface area contributed by atoms with Gasteiger partial charge in [0.25, 0.3) is 0 Å². The quantitative estimate of drug-likeness (QED) is 0.638. The van der Waals surface area contributed by atoms with Crippen LogP contribution in [0, 0.1) is 0 Å². The second kappa shape index (κ2) is 10.1. The minimum absolute atomic E-state index is 1.69. The van der Waals surface area contributed by atoms with E-state index in [0.29, 0.717) is 0 Å². The maximum Gasteiger partial charge on any atom is 0.0487 e. The lowest BCUT2D eigenvalue weighted by Crippen LogP contribution is -1.58. The summed E-state index contributed by atoms with van der Waals surface area (Å²) < 4.78 is 0. The Kier molecular flexibility index (Phi) is 7.52. The minimum Gasteiger partial charge on any atom is -0.286 e. The van der Waals surface area contributed by atoms with Crippen molar-refractivity contribution in [2.75, 3.05) is 0 Å². The average molecular weight is 225 g/mol. The largest absolute Gasteiger partial charge is 0.286 e. The number of nitrogens with one attached hydrogen (secondary N) is 1. The lowest BCUT2D eigenvalue weighted by molar-refractivity contribution is 1.09. The predicted molar refractivity (Wildman–Crippen MR) is 69.3 cm³/mol. The molecule has 1 N–H and O–H groups in total. The van der Waals surface area contributed by atoms with Crippen molar-refractivity contribution in [3.05, 3.63) is 85.5 Å². The van der Waals surface area contributed by atoms with Crippen LogP contribution < -0.4 is 0 Å². The molecule has 2 heterocycles. The number of aromatic amines is 1. The van der Waals surface area contributed by atoms with Crippen molar-refractivity contribution in [3.63, 3.8) is 0 Å². The maximum absolute atomic E-state index is 3.78. The molecule has 2 aromatic heterocycles. The molecule has 0 amide bonds.